The Morgan fingerprint density at radius 3 is 2.68 bits per heavy atom. The number of hydrogen-bond donors (Lipinski definition) is 2. The number of carbonyl (C=O) groups is 1. The van der Waals surface area contributed by atoms with Crippen LogP contribution in [0, 0.1) is 0 Å². The van der Waals surface area contributed by atoms with Crippen molar-refractivity contribution in [1.29, 1.82) is 0 Å². The van der Waals surface area contributed by atoms with Crippen molar-refractivity contribution in [3.8, 4) is 11.5 Å². The number of para-hydroxylation sites is 1. The van der Waals surface area contributed by atoms with Crippen LogP contribution in [0.4, 0.5) is 0 Å². The van der Waals surface area contributed by atoms with Crippen LogP contribution in [0.15, 0.2) is 54.6 Å². The lowest BCUT2D eigenvalue weighted by Crippen LogP contribution is -2.45. The Hall–Kier alpha value is -2.33. The molecule has 3 rings (SSSR count). The molecule has 0 radical (unpaired) electrons. The van der Waals surface area contributed by atoms with Gasteiger partial charge in [-0.2, -0.15) is 0 Å². The minimum absolute atomic E-state index is 0.0489. The van der Waals surface area contributed by atoms with Crippen molar-refractivity contribution in [3.63, 3.8) is 0 Å². The predicted molar refractivity (Wildman–Crippen MR) is 86.3 cm³/mol. The van der Waals surface area contributed by atoms with Crippen LogP contribution in [0.1, 0.15) is 23.2 Å². The van der Waals surface area contributed by atoms with Crippen molar-refractivity contribution < 1.29 is 9.53 Å². The molecule has 0 unspecified atom stereocenters. The minimum Gasteiger partial charge on any atom is -0.457 e. The number of ether oxygens (including phenoxy) is 1. The number of rotatable bonds is 4. The molecular weight excluding hydrogens is 276 g/mol. The van der Waals surface area contributed by atoms with Gasteiger partial charge >= 0.3 is 0 Å². The van der Waals surface area contributed by atoms with Crippen LogP contribution in [-0.2, 0) is 0 Å². The molecule has 0 aliphatic carbocycles. The number of nitrogens with one attached hydrogen (secondary N) is 2. The highest BCUT2D eigenvalue weighted by molar-refractivity contribution is 5.94. The van der Waals surface area contributed by atoms with Gasteiger partial charge in [-0.1, -0.05) is 24.3 Å². The highest BCUT2D eigenvalue weighted by atomic mass is 16.5. The van der Waals surface area contributed by atoms with E-state index in [1.807, 2.05) is 48.5 Å². The van der Waals surface area contributed by atoms with Crippen molar-refractivity contribution in [2.75, 3.05) is 13.1 Å². The number of piperidine rings is 1. The van der Waals surface area contributed by atoms with Crippen LogP contribution < -0.4 is 15.4 Å². The summed E-state index contributed by atoms with van der Waals surface area (Å²) in [6.45, 7) is 1.87. The third kappa shape index (κ3) is 3.86. The van der Waals surface area contributed by atoms with E-state index in [1.54, 1.807) is 6.07 Å². The van der Waals surface area contributed by atoms with E-state index in [0.29, 0.717) is 11.3 Å². The van der Waals surface area contributed by atoms with E-state index < -0.39 is 0 Å². The lowest BCUT2D eigenvalue weighted by Gasteiger charge is -2.23. The van der Waals surface area contributed by atoms with Gasteiger partial charge in [0.2, 0.25) is 0 Å². The highest BCUT2D eigenvalue weighted by Gasteiger charge is 2.16. The first kappa shape index (κ1) is 14.6. The molecule has 0 aromatic heterocycles. The van der Waals surface area contributed by atoms with E-state index in [-0.39, 0.29) is 11.9 Å². The molecule has 1 saturated heterocycles. The standard InChI is InChI=1S/C18H20N2O2/c21-18(20-15-7-5-11-19-13-15)14-6-4-10-17(12-14)22-16-8-2-1-3-9-16/h1-4,6,8-10,12,15,19H,5,7,11,13H2,(H,20,21)/t15-/m0/s1. The van der Waals surface area contributed by atoms with Crippen LogP contribution >= 0.6 is 0 Å². The average molecular weight is 296 g/mol. The molecule has 1 heterocycles. The average Bonchev–Trinajstić information content (AvgIpc) is 2.57. The third-order valence-corrected chi connectivity index (χ3v) is 3.71. The summed E-state index contributed by atoms with van der Waals surface area (Å²) in [6.07, 6.45) is 2.13. The van der Waals surface area contributed by atoms with Crippen molar-refractivity contribution in [3.05, 3.63) is 60.2 Å². The van der Waals surface area contributed by atoms with Crippen LogP contribution in [0.3, 0.4) is 0 Å². The van der Waals surface area contributed by atoms with Crippen LogP contribution in [-0.4, -0.2) is 25.0 Å². The van der Waals surface area contributed by atoms with Gasteiger partial charge in [-0.15, -0.1) is 0 Å². The third-order valence-electron chi connectivity index (χ3n) is 3.71. The Balaban J connectivity index is 1.66. The molecule has 0 saturated carbocycles. The Labute approximate surface area is 130 Å². The van der Waals surface area contributed by atoms with Crippen molar-refractivity contribution in [2.45, 2.75) is 18.9 Å². The topological polar surface area (TPSA) is 50.4 Å². The Bertz CT molecular complexity index is 622. The second-order valence-electron chi connectivity index (χ2n) is 5.46. The normalized spacial score (nSPS) is 17.7. The molecule has 4 heteroatoms. The van der Waals surface area contributed by atoms with Gasteiger partial charge in [0, 0.05) is 18.2 Å². The molecule has 1 aliphatic heterocycles. The van der Waals surface area contributed by atoms with Gasteiger partial charge in [-0.25, -0.2) is 0 Å². The van der Waals surface area contributed by atoms with E-state index in [4.69, 9.17) is 4.74 Å². The number of amides is 1. The van der Waals surface area contributed by atoms with Gasteiger partial charge in [-0.05, 0) is 49.7 Å². The summed E-state index contributed by atoms with van der Waals surface area (Å²) in [7, 11) is 0. The molecule has 1 aliphatic rings. The second kappa shape index (κ2) is 7.09. The zero-order valence-electron chi connectivity index (χ0n) is 12.4. The molecule has 2 aromatic rings. The van der Waals surface area contributed by atoms with E-state index in [1.165, 1.54) is 0 Å². The van der Waals surface area contributed by atoms with Crippen molar-refractivity contribution >= 4 is 5.91 Å². The fourth-order valence-electron chi connectivity index (χ4n) is 2.57. The zero-order chi connectivity index (χ0) is 15.2. The lowest BCUT2D eigenvalue weighted by atomic mass is 10.1. The maximum atomic E-state index is 12.3. The maximum absolute atomic E-state index is 12.3. The van der Waals surface area contributed by atoms with Gasteiger partial charge in [0.25, 0.3) is 5.91 Å². The van der Waals surface area contributed by atoms with E-state index in [9.17, 15) is 4.79 Å². The molecule has 0 bridgehead atoms. The summed E-state index contributed by atoms with van der Waals surface area (Å²) in [6, 6.07) is 17.0. The molecule has 2 aromatic carbocycles. The van der Waals surface area contributed by atoms with Crippen LogP contribution in [0.5, 0.6) is 11.5 Å². The van der Waals surface area contributed by atoms with Crippen LogP contribution in [0.25, 0.3) is 0 Å². The van der Waals surface area contributed by atoms with E-state index in [0.717, 1.165) is 31.7 Å². The van der Waals surface area contributed by atoms with Gasteiger partial charge < -0.3 is 15.4 Å². The zero-order valence-corrected chi connectivity index (χ0v) is 12.4. The molecule has 0 spiro atoms. The van der Waals surface area contributed by atoms with Gasteiger partial charge in [0.05, 0.1) is 0 Å². The number of benzene rings is 2. The van der Waals surface area contributed by atoms with Gasteiger partial charge in [-0.3, -0.25) is 4.79 Å². The summed E-state index contributed by atoms with van der Waals surface area (Å²) in [4.78, 5) is 12.3. The van der Waals surface area contributed by atoms with Gasteiger partial charge in [0.15, 0.2) is 0 Å². The monoisotopic (exact) mass is 296 g/mol. The fourth-order valence-corrected chi connectivity index (χ4v) is 2.57. The van der Waals surface area contributed by atoms with E-state index >= 15 is 0 Å². The Morgan fingerprint density at radius 1 is 1.09 bits per heavy atom. The highest BCUT2D eigenvalue weighted by Crippen LogP contribution is 2.21. The number of carbonyl (C=O) groups excluding carboxylic acids is 1. The molecule has 4 nitrogen and oxygen atoms in total. The first-order valence-electron chi connectivity index (χ1n) is 7.66. The predicted octanol–water partition coefficient (Wildman–Crippen LogP) is 2.96. The molecule has 2 N–H and O–H groups in total. The van der Waals surface area contributed by atoms with Crippen LogP contribution in [0.2, 0.25) is 0 Å². The van der Waals surface area contributed by atoms with Gasteiger partial charge in [0.1, 0.15) is 11.5 Å². The van der Waals surface area contributed by atoms with Crippen molar-refractivity contribution in [1.82, 2.24) is 10.6 Å². The number of hydrogen-bond acceptors (Lipinski definition) is 3. The quantitative estimate of drug-likeness (QED) is 0.912. The molecule has 1 fully saturated rings. The maximum Gasteiger partial charge on any atom is 0.251 e. The summed E-state index contributed by atoms with van der Waals surface area (Å²) >= 11 is 0. The molecule has 114 valence electrons. The lowest BCUT2D eigenvalue weighted by molar-refractivity contribution is 0.0930. The molecule has 22 heavy (non-hydrogen) atoms. The Kier molecular flexibility index (Phi) is 4.71. The van der Waals surface area contributed by atoms with E-state index in [2.05, 4.69) is 10.6 Å². The fraction of sp³-hybridized carbons (Fsp3) is 0.278. The molecular formula is C18H20N2O2. The minimum atomic E-state index is -0.0489. The first-order chi connectivity index (χ1) is 10.8. The molecule has 1 atom stereocenters. The summed E-state index contributed by atoms with van der Waals surface area (Å²) in [5, 5.41) is 6.37. The largest absolute Gasteiger partial charge is 0.457 e. The summed E-state index contributed by atoms with van der Waals surface area (Å²) < 4.78 is 5.77. The molecule has 1 amide bonds. The Morgan fingerprint density at radius 2 is 1.91 bits per heavy atom. The van der Waals surface area contributed by atoms with Crippen molar-refractivity contribution in [2.24, 2.45) is 0 Å². The SMILES string of the molecule is O=C(N[C@H]1CCCNC1)c1cccc(Oc2ccccc2)c1. The second-order valence-corrected chi connectivity index (χ2v) is 5.46. The first-order valence-corrected chi connectivity index (χ1v) is 7.66. The summed E-state index contributed by atoms with van der Waals surface area (Å²) in [5.74, 6) is 1.38. The summed E-state index contributed by atoms with van der Waals surface area (Å²) in [5.41, 5.74) is 0.624. The smallest absolute Gasteiger partial charge is 0.251 e.